The third-order valence-corrected chi connectivity index (χ3v) is 10.3. The zero-order valence-electron chi connectivity index (χ0n) is 24.6. The summed E-state index contributed by atoms with van der Waals surface area (Å²) in [6, 6.07) is 12.5. The van der Waals surface area contributed by atoms with Gasteiger partial charge in [0.1, 0.15) is 0 Å². The lowest BCUT2D eigenvalue weighted by atomic mass is 9.60. The molecule has 0 amide bonds. The number of rotatable bonds is 10. The Labute approximate surface area is 240 Å². The monoisotopic (exact) mass is 550 g/mol. The van der Waals surface area contributed by atoms with Crippen molar-refractivity contribution in [1.82, 2.24) is 0 Å². The van der Waals surface area contributed by atoms with Gasteiger partial charge in [-0.3, -0.25) is 0 Å². The smallest absolute Gasteiger partial charge is 0.204 e. The van der Waals surface area contributed by atoms with E-state index >= 15 is 0 Å². The molecule has 4 heteroatoms. The molecular formula is C36H48F2O2. The summed E-state index contributed by atoms with van der Waals surface area (Å²) in [4.78, 5) is 0. The van der Waals surface area contributed by atoms with Gasteiger partial charge in [-0.1, -0.05) is 36.4 Å². The van der Waals surface area contributed by atoms with Crippen LogP contribution >= 0.6 is 0 Å². The fraction of sp³-hybridized carbons (Fsp3) is 0.611. The van der Waals surface area contributed by atoms with Crippen LogP contribution in [0.25, 0.3) is 0 Å². The standard InChI is InChI=1S/C36H48F2O2/c1-3-5-6-7-25-8-12-27(13-9-25)29-16-18-32-23-30(17-19-31(32)22-29)28-14-10-26(11-15-28)24-40-34-21-20-33(39-4-2)35(37)36(34)38/h3,5,8-9,12-13,20-21,26,28-32H,4,6-7,10-11,14-19,22-24H2,1-2H3. The molecule has 0 spiro atoms. The Morgan fingerprint density at radius 3 is 2.00 bits per heavy atom. The molecule has 0 radical (unpaired) electrons. The number of fused-ring (bicyclic) bond motifs is 1. The lowest BCUT2D eigenvalue weighted by Crippen LogP contribution is -2.34. The second-order valence-corrected chi connectivity index (χ2v) is 12.7. The Balaban J connectivity index is 1.05. The van der Waals surface area contributed by atoms with E-state index in [2.05, 4.69) is 43.3 Å². The Morgan fingerprint density at radius 1 is 0.725 bits per heavy atom. The van der Waals surface area contributed by atoms with E-state index in [0.29, 0.717) is 19.1 Å². The largest absolute Gasteiger partial charge is 0.491 e. The van der Waals surface area contributed by atoms with Crippen LogP contribution in [0.1, 0.15) is 102 Å². The van der Waals surface area contributed by atoms with Gasteiger partial charge in [0.05, 0.1) is 13.2 Å². The molecular weight excluding hydrogens is 502 g/mol. The summed E-state index contributed by atoms with van der Waals surface area (Å²) >= 11 is 0. The maximum atomic E-state index is 14.4. The number of halogens is 2. The van der Waals surface area contributed by atoms with Gasteiger partial charge in [-0.2, -0.15) is 8.78 Å². The quantitative estimate of drug-likeness (QED) is 0.274. The fourth-order valence-corrected chi connectivity index (χ4v) is 7.96. The van der Waals surface area contributed by atoms with E-state index in [1.54, 1.807) is 12.5 Å². The molecule has 3 aliphatic rings. The van der Waals surface area contributed by atoms with Gasteiger partial charge in [0.15, 0.2) is 11.5 Å². The first-order chi connectivity index (χ1) is 19.6. The molecule has 40 heavy (non-hydrogen) atoms. The van der Waals surface area contributed by atoms with E-state index in [1.807, 2.05) is 0 Å². The third-order valence-electron chi connectivity index (χ3n) is 10.3. The van der Waals surface area contributed by atoms with Crippen molar-refractivity contribution in [2.45, 2.75) is 96.8 Å². The topological polar surface area (TPSA) is 18.5 Å². The SMILES string of the molecule is CC=CCCc1ccc(C2CCC3CC(C4CCC(COc5ccc(OCC)c(F)c5F)CC4)CCC3C2)cc1. The van der Waals surface area contributed by atoms with Crippen molar-refractivity contribution in [3.8, 4) is 11.5 Å². The molecule has 3 aliphatic carbocycles. The molecule has 218 valence electrons. The first kappa shape index (κ1) is 29.1. The van der Waals surface area contributed by atoms with Crippen LogP contribution in [0.5, 0.6) is 11.5 Å². The van der Waals surface area contributed by atoms with Crippen LogP contribution in [0.15, 0.2) is 48.6 Å². The zero-order chi connectivity index (χ0) is 27.9. The van der Waals surface area contributed by atoms with Crippen LogP contribution in [0, 0.1) is 41.2 Å². The highest BCUT2D eigenvalue weighted by Crippen LogP contribution is 2.51. The highest BCUT2D eigenvalue weighted by atomic mass is 19.2. The Hall–Kier alpha value is -2.36. The molecule has 5 rings (SSSR count). The molecule has 3 saturated carbocycles. The van der Waals surface area contributed by atoms with E-state index in [0.717, 1.165) is 55.3 Å². The summed E-state index contributed by atoms with van der Waals surface area (Å²) in [5.74, 6) is 2.71. The van der Waals surface area contributed by atoms with Crippen LogP contribution in [0.4, 0.5) is 8.78 Å². The molecule has 2 aromatic rings. The van der Waals surface area contributed by atoms with E-state index in [1.165, 1.54) is 69.1 Å². The number of benzene rings is 2. The van der Waals surface area contributed by atoms with Crippen molar-refractivity contribution in [1.29, 1.82) is 0 Å². The van der Waals surface area contributed by atoms with Crippen molar-refractivity contribution in [3.63, 3.8) is 0 Å². The normalized spacial score (nSPS) is 28.8. The van der Waals surface area contributed by atoms with Gasteiger partial charge >= 0.3 is 0 Å². The summed E-state index contributed by atoms with van der Waals surface area (Å²) in [5.41, 5.74) is 3.01. The first-order valence-corrected chi connectivity index (χ1v) is 16.0. The van der Waals surface area contributed by atoms with Crippen LogP contribution in [-0.2, 0) is 6.42 Å². The maximum absolute atomic E-state index is 14.4. The number of hydrogen-bond donors (Lipinski definition) is 0. The molecule has 0 heterocycles. The maximum Gasteiger partial charge on any atom is 0.204 e. The van der Waals surface area contributed by atoms with Crippen molar-refractivity contribution in [2.24, 2.45) is 29.6 Å². The molecule has 0 bridgehead atoms. The molecule has 0 aromatic heterocycles. The lowest BCUT2D eigenvalue weighted by molar-refractivity contribution is 0.0663. The van der Waals surface area contributed by atoms with E-state index < -0.39 is 11.6 Å². The van der Waals surface area contributed by atoms with Gasteiger partial charge in [0.2, 0.25) is 11.6 Å². The molecule has 2 aromatic carbocycles. The highest BCUT2D eigenvalue weighted by molar-refractivity contribution is 5.35. The van der Waals surface area contributed by atoms with Gasteiger partial charge in [-0.25, -0.2) is 0 Å². The predicted molar refractivity (Wildman–Crippen MR) is 159 cm³/mol. The van der Waals surface area contributed by atoms with Crippen LogP contribution in [0.2, 0.25) is 0 Å². The van der Waals surface area contributed by atoms with Crippen molar-refractivity contribution in [3.05, 3.63) is 71.3 Å². The summed E-state index contributed by atoms with van der Waals surface area (Å²) in [5, 5.41) is 0. The fourth-order valence-electron chi connectivity index (χ4n) is 7.96. The van der Waals surface area contributed by atoms with Gasteiger partial charge in [-0.15, -0.1) is 0 Å². The zero-order valence-corrected chi connectivity index (χ0v) is 24.6. The van der Waals surface area contributed by atoms with Crippen molar-refractivity contribution < 1.29 is 18.3 Å². The summed E-state index contributed by atoms with van der Waals surface area (Å²) in [6.45, 7) is 4.61. The van der Waals surface area contributed by atoms with Crippen LogP contribution < -0.4 is 9.47 Å². The number of ether oxygens (including phenoxy) is 2. The van der Waals surface area contributed by atoms with Gasteiger partial charge in [-0.05, 0) is 150 Å². The molecule has 0 N–H and O–H groups in total. The minimum atomic E-state index is -0.957. The van der Waals surface area contributed by atoms with Crippen LogP contribution in [0.3, 0.4) is 0 Å². The van der Waals surface area contributed by atoms with E-state index in [4.69, 9.17) is 9.47 Å². The van der Waals surface area contributed by atoms with Gasteiger partial charge in [0.25, 0.3) is 0 Å². The predicted octanol–water partition coefficient (Wildman–Crippen LogP) is 10.1. The Morgan fingerprint density at radius 2 is 1.32 bits per heavy atom. The molecule has 2 nitrogen and oxygen atoms in total. The minimum Gasteiger partial charge on any atom is -0.491 e. The molecule has 4 atom stereocenters. The highest BCUT2D eigenvalue weighted by Gasteiger charge is 2.39. The number of allylic oxidation sites excluding steroid dienone is 2. The molecule has 0 aliphatic heterocycles. The Kier molecular flexibility index (Phi) is 10.2. The second kappa shape index (κ2) is 14.0. The van der Waals surface area contributed by atoms with Crippen molar-refractivity contribution in [2.75, 3.05) is 13.2 Å². The summed E-state index contributed by atoms with van der Waals surface area (Å²) in [7, 11) is 0. The third kappa shape index (κ3) is 7.09. The molecule has 3 fully saturated rings. The second-order valence-electron chi connectivity index (χ2n) is 12.7. The number of aryl methyl sites for hydroxylation is 1. The van der Waals surface area contributed by atoms with E-state index in [9.17, 15) is 8.78 Å². The molecule has 0 saturated heterocycles. The van der Waals surface area contributed by atoms with Crippen LogP contribution in [-0.4, -0.2) is 13.2 Å². The van der Waals surface area contributed by atoms with Gasteiger partial charge in [0, 0.05) is 0 Å². The average molecular weight is 551 g/mol. The summed E-state index contributed by atoms with van der Waals surface area (Å²) < 4.78 is 39.4. The number of hydrogen-bond acceptors (Lipinski definition) is 2. The van der Waals surface area contributed by atoms with Crippen molar-refractivity contribution >= 4 is 0 Å². The Bertz CT molecular complexity index is 1100. The van der Waals surface area contributed by atoms with Gasteiger partial charge < -0.3 is 9.47 Å². The minimum absolute atomic E-state index is 0.00246. The first-order valence-electron chi connectivity index (χ1n) is 16.0. The molecule has 4 unspecified atom stereocenters. The lowest BCUT2D eigenvalue weighted by Gasteiger charge is -2.45. The van der Waals surface area contributed by atoms with E-state index in [-0.39, 0.29) is 11.5 Å². The summed E-state index contributed by atoms with van der Waals surface area (Å²) in [6.07, 6.45) is 19.7. The average Bonchev–Trinajstić information content (AvgIpc) is 2.99.